The summed E-state index contributed by atoms with van der Waals surface area (Å²) in [5.41, 5.74) is 0.603. The van der Waals surface area contributed by atoms with Crippen LogP contribution in [-0.4, -0.2) is 7.85 Å². The van der Waals surface area contributed by atoms with Crippen molar-refractivity contribution in [1.82, 2.24) is 0 Å². The highest BCUT2D eigenvalue weighted by Gasteiger charge is 1.91. The van der Waals surface area contributed by atoms with Gasteiger partial charge in [-0.05, 0) is 12.1 Å². The first-order valence-electron chi connectivity index (χ1n) is 2.40. The fraction of sp³-hybridized carbons (Fsp3) is 0. The van der Waals surface area contributed by atoms with Crippen LogP contribution in [0.25, 0.3) is 0 Å². The second-order valence-corrected chi connectivity index (χ2v) is 2.99. The summed E-state index contributed by atoms with van der Waals surface area (Å²) < 4.78 is 0.949. The topological polar surface area (TPSA) is 0 Å². The van der Waals surface area contributed by atoms with Crippen LogP contribution in [0.4, 0.5) is 0 Å². The maximum Gasteiger partial charge on any atom is 0.115 e. The molecule has 0 aliphatic heterocycles. The van der Waals surface area contributed by atoms with Crippen molar-refractivity contribution in [2.45, 2.75) is 0 Å². The zero-order valence-corrected chi connectivity index (χ0v) is 6.91. The van der Waals surface area contributed by atoms with Crippen molar-refractivity contribution in [3.05, 3.63) is 27.7 Å². The molecule has 1 aromatic carbocycles. The SMILES string of the molecule is [B]c1cc(Br)ccc1Cl. The highest BCUT2D eigenvalue weighted by atomic mass is 79.9. The lowest BCUT2D eigenvalue weighted by atomic mass is 9.97. The standard InChI is InChI=1S/C6H3BBrCl/c7-5-3-4(8)1-2-6(5)9/h1-3H. The summed E-state index contributed by atoms with van der Waals surface area (Å²) in [6.07, 6.45) is 0. The van der Waals surface area contributed by atoms with E-state index in [-0.39, 0.29) is 0 Å². The molecule has 0 saturated heterocycles. The van der Waals surface area contributed by atoms with Crippen molar-refractivity contribution < 1.29 is 0 Å². The Morgan fingerprint density at radius 3 is 2.56 bits per heavy atom. The van der Waals surface area contributed by atoms with E-state index in [9.17, 15) is 0 Å². The molecule has 0 nitrogen and oxygen atoms in total. The van der Waals surface area contributed by atoms with Gasteiger partial charge in [0, 0.05) is 9.50 Å². The van der Waals surface area contributed by atoms with Crippen molar-refractivity contribution in [3.63, 3.8) is 0 Å². The van der Waals surface area contributed by atoms with Gasteiger partial charge in [0.1, 0.15) is 7.85 Å². The summed E-state index contributed by atoms with van der Waals surface area (Å²) in [5, 5.41) is 0.596. The summed E-state index contributed by atoms with van der Waals surface area (Å²) in [7, 11) is 5.46. The Balaban J connectivity index is 3.17. The van der Waals surface area contributed by atoms with Gasteiger partial charge in [0.15, 0.2) is 0 Å². The number of hydrogen-bond donors (Lipinski definition) is 0. The minimum Gasteiger partial charge on any atom is -0.0850 e. The zero-order valence-electron chi connectivity index (χ0n) is 4.57. The Hall–Kier alpha value is 0.0549. The lowest BCUT2D eigenvalue weighted by Gasteiger charge is -1.95. The minimum atomic E-state index is 0.596. The largest absolute Gasteiger partial charge is 0.115 e. The number of rotatable bonds is 0. The average molecular weight is 201 g/mol. The highest BCUT2D eigenvalue weighted by Crippen LogP contribution is 2.10. The molecule has 0 N–H and O–H groups in total. The molecule has 0 aliphatic rings. The number of hydrogen-bond acceptors (Lipinski definition) is 0. The van der Waals surface area contributed by atoms with Gasteiger partial charge in [-0.25, -0.2) is 0 Å². The molecule has 0 saturated carbocycles. The van der Waals surface area contributed by atoms with Gasteiger partial charge in [-0.15, -0.1) is 0 Å². The van der Waals surface area contributed by atoms with Gasteiger partial charge < -0.3 is 0 Å². The van der Waals surface area contributed by atoms with Gasteiger partial charge in [-0.3, -0.25) is 0 Å². The second kappa shape index (κ2) is 2.76. The smallest absolute Gasteiger partial charge is 0.0850 e. The molecule has 0 aromatic heterocycles. The van der Waals surface area contributed by atoms with Crippen LogP contribution in [0.2, 0.25) is 5.02 Å². The fourth-order valence-corrected chi connectivity index (χ4v) is 1.01. The van der Waals surface area contributed by atoms with Crippen LogP contribution in [0.15, 0.2) is 22.7 Å². The zero-order chi connectivity index (χ0) is 6.85. The predicted molar refractivity (Wildman–Crippen MR) is 44.5 cm³/mol. The maximum atomic E-state index is 5.63. The first-order valence-corrected chi connectivity index (χ1v) is 3.58. The molecular weight excluding hydrogens is 198 g/mol. The Bertz CT molecular complexity index is 224. The van der Waals surface area contributed by atoms with E-state index >= 15 is 0 Å². The Labute approximate surface area is 68.8 Å². The molecule has 3 heteroatoms. The van der Waals surface area contributed by atoms with Crippen molar-refractivity contribution >= 4 is 40.8 Å². The fourth-order valence-electron chi connectivity index (χ4n) is 0.515. The van der Waals surface area contributed by atoms with Crippen LogP contribution in [0.3, 0.4) is 0 Å². The average Bonchev–Trinajstić information content (AvgIpc) is 1.80. The summed E-state index contributed by atoms with van der Waals surface area (Å²) in [6.45, 7) is 0. The van der Waals surface area contributed by atoms with Crippen LogP contribution in [0, 0.1) is 0 Å². The molecular formula is C6H3BBrCl. The number of benzene rings is 1. The van der Waals surface area contributed by atoms with Gasteiger partial charge in [0.05, 0.1) is 0 Å². The summed E-state index contributed by atoms with van der Waals surface area (Å²) >= 11 is 8.89. The van der Waals surface area contributed by atoms with E-state index in [1.807, 2.05) is 6.07 Å². The third kappa shape index (κ3) is 1.73. The number of halogens is 2. The van der Waals surface area contributed by atoms with E-state index in [1.165, 1.54) is 0 Å². The van der Waals surface area contributed by atoms with Crippen molar-refractivity contribution in [2.75, 3.05) is 0 Å². The van der Waals surface area contributed by atoms with Crippen molar-refractivity contribution in [3.8, 4) is 0 Å². The molecule has 0 bridgehead atoms. The van der Waals surface area contributed by atoms with Crippen LogP contribution < -0.4 is 5.46 Å². The van der Waals surface area contributed by atoms with E-state index in [4.69, 9.17) is 19.4 Å². The molecule has 0 fully saturated rings. The Kier molecular flexibility index (Phi) is 2.20. The predicted octanol–water partition coefficient (Wildman–Crippen LogP) is 1.90. The van der Waals surface area contributed by atoms with Gasteiger partial charge in [0.2, 0.25) is 0 Å². The minimum absolute atomic E-state index is 0.596. The molecule has 0 amide bonds. The lowest BCUT2D eigenvalue weighted by Crippen LogP contribution is -2.02. The van der Waals surface area contributed by atoms with Crippen molar-refractivity contribution in [1.29, 1.82) is 0 Å². The van der Waals surface area contributed by atoms with Crippen molar-refractivity contribution in [2.24, 2.45) is 0 Å². The first kappa shape index (κ1) is 7.17. The third-order valence-electron chi connectivity index (χ3n) is 0.958. The van der Waals surface area contributed by atoms with E-state index in [2.05, 4.69) is 15.9 Å². The quantitative estimate of drug-likeness (QED) is 0.562. The van der Waals surface area contributed by atoms with Gasteiger partial charge in [-0.1, -0.05) is 39.1 Å². The van der Waals surface area contributed by atoms with Gasteiger partial charge >= 0.3 is 0 Å². The molecule has 9 heavy (non-hydrogen) atoms. The molecule has 2 radical (unpaired) electrons. The summed E-state index contributed by atoms with van der Waals surface area (Å²) in [6, 6.07) is 5.36. The van der Waals surface area contributed by atoms with Crippen LogP contribution in [0.5, 0.6) is 0 Å². The maximum absolute atomic E-state index is 5.63. The van der Waals surface area contributed by atoms with Gasteiger partial charge in [0.25, 0.3) is 0 Å². The molecule has 0 spiro atoms. The molecule has 0 unspecified atom stereocenters. The van der Waals surface area contributed by atoms with Crippen LogP contribution >= 0.6 is 27.5 Å². The first-order chi connectivity index (χ1) is 4.20. The lowest BCUT2D eigenvalue weighted by molar-refractivity contribution is 1.70. The van der Waals surface area contributed by atoms with E-state index in [1.54, 1.807) is 12.1 Å². The summed E-state index contributed by atoms with van der Waals surface area (Å²) in [4.78, 5) is 0. The molecule has 44 valence electrons. The van der Waals surface area contributed by atoms with E-state index < -0.39 is 0 Å². The van der Waals surface area contributed by atoms with Crippen LogP contribution in [-0.2, 0) is 0 Å². The molecule has 0 aliphatic carbocycles. The highest BCUT2D eigenvalue weighted by molar-refractivity contribution is 9.10. The van der Waals surface area contributed by atoms with Crippen LogP contribution in [0.1, 0.15) is 0 Å². The molecule has 0 atom stereocenters. The molecule has 1 aromatic rings. The second-order valence-electron chi connectivity index (χ2n) is 1.67. The van der Waals surface area contributed by atoms with E-state index in [0.29, 0.717) is 10.5 Å². The normalized spacial score (nSPS) is 9.56. The Morgan fingerprint density at radius 2 is 2.11 bits per heavy atom. The monoisotopic (exact) mass is 200 g/mol. The Morgan fingerprint density at radius 1 is 1.44 bits per heavy atom. The molecule has 0 heterocycles. The van der Waals surface area contributed by atoms with E-state index in [0.717, 1.165) is 4.47 Å². The summed E-state index contributed by atoms with van der Waals surface area (Å²) in [5.74, 6) is 0. The van der Waals surface area contributed by atoms with Gasteiger partial charge in [-0.2, -0.15) is 0 Å². The third-order valence-corrected chi connectivity index (χ3v) is 1.80. The molecule has 1 rings (SSSR count).